The fourth-order valence-electron chi connectivity index (χ4n) is 3.21. The van der Waals surface area contributed by atoms with Crippen LogP contribution < -0.4 is 0 Å². The Labute approximate surface area is 96.2 Å². The van der Waals surface area contributed by atoms with Crippen LogP contribution in [-0.4, -0.2) is 41.4 Å². The minimum atomic E-state index is -0.698. The SMILES string of the molecule is O=C(O)CN1CC[C@]2(CC[C@@H](CS)C2)C1. The molecule has 2 atom stereocenters. The summed E-state index contributed by atoms with van der Waals surface area (Å²) in [4.78, 5) is 12.7. The number of carboxylic acids is 1. The summed E-state index contributed by atoms with van der Waals surface area (Å²) in [6.07, 6.45) is 5.00. The van der Waals surface area contributed by atoms with Crippen molar-refractivity contribution in [2.75, 3.05) is 25.4 Å². The van der Waals surface area contributed by atoms with Crippen LogP contribution in [0.15, 0.2) is 0 Å². The van der Waals surface area contributed by atoms with Crippen molar-refractivity contribution < 1.29 is 9.90 Å². The van der Waals surface area contributed by atoms with Gasteiger partial charge in [0, 0.05) is 6.54 Å². The molecule has 0 aromatic carbocycles. The molecule has 0 aromatic rings. The quantitative estimate of drug-likeness (QED) is 0.720. The van der Waals surface area contributed by atoms with Crippen LogP contribution in [0.25, 0.3) is 0 Å². The van der Waals surface area contributed by atoms with Gasteiger partial charge in [-0.1, -0.05) is 0 Å². The van der Waals surface area contributed by atoms with Crippen LogP contribution in [0.1, 0.15) is 25.7 Å². The molecule has 0 bridgehead atoms. The van der Waals surface area contributed by atoms with E-state index in [1.807, 2.05) is 0 Å². The standard InChI is InChI=1S/C11H19NO2S/c13-10(14)6-12-4-3-11(8-12)2-1-9(5-11)7-15/h9,15H,1-8H2,(H,13,14)/t9-,11+/m1/s1. The molecule has 2 rings (SSSR count). The maximum Gasteiger partial charge on any atom is 0.317 e. The molecule has 1 aliphatic heterocycles. The number of thiol groups is 1. The van der Waals surface area contributed by atoms with E-state index in [4.69, 9.17) is 5.11 Å². The van der Waals surface area contributed by atoms with E-state index >= 15 is 0 Å². The largest absolute Gasteiger partial charge is 0.480 e. The highest BCUT2D eigenvalue weighted by Gasteiger charge is 2.43. The Hall–Kier alpha value is -0.220. The van der Waals surface area contributed by atoms with E-state index in [0.717, 1.165) is 24.8 Å². The van der Waals surface area contributed by atoms with Crippen LogP contribution >= 0.6 is 12.6 Å². The monoisotopic (exact) mass is 229 g/mol. The second kappa shape index (κ2) is 4.34. The van der Waals surface area contributed by atoms with Crippen molar-refractivity contribution in [2.45, 2.75) is 25.7 Å². The van der Waals surface area contributed by atoms with Gasteiger partial charge < -0.3 is 5.11 Å². The molecule has 0 aromatic heterocycles. The number of nitrogens with zero attached hydrogens (tertiary/aromatic N) is 1. The van der Waals surface area contributed by atoms with Crippen molar-refractivity contribution in [1.29, 1.82) is 0 Å². The minimum absolute atomic E-state index is 0.216. The second-order valence-corrected chi connectivity index (χ2v) is 5.51. The van der Waals surface area contributed by atoms with Crippen molar-refractivity contribution in [3.05, 3.63) is 0 Å². The molecule has 1 spiro atoms. The highest BCUT2D eigenvalue weighted by atomic mass is 32.1. The van der Waals surface area contributed by atoms with Crippen molar-refractivity contribution in [1.82, 2.24) is 4.90 Å². The van der Waals surface area contributed by atoms with Gasteiger partial charge in [0.1, 0.15) is 0 Å². The van der Waals surface area contributed by atoms with E-state index < -0.39 is 5.97 Å². The highest BCUT2D eigenvalue weighted by Crippen LogP contribution is 2.48. The summed E-state index contributed by atoms with van der Waals surface area (Å²) >= 11 is 4.36. The first-order valence-electron chi connectivity index (χ1n) is 5.69. The minimum Gasteiger partial charge on any atom is -0.480 e. The molecule has 1 aliphatic carbocycles. The number of carbonyl (C=O) groups is 1. The topological polar surface area (TPSA) is 40.5 Å². The first-order chi connectivity index (χ1) is 7.13. The summed E-state index contributed by atoms with van der Waals surface area (Å²) in [7, 11) is 0. The molecule has 1 N–H and O–H groups in total. The second-order valence-electron chi connectivity index (χ2n) is 5.15. The average molecular weight is 229 g/mol. The van der Waals surface area contributed by atoms with E-state index in [9.17, 15) is 4.79 Å². The van der Waals surface area contributed by atoms with Crippen LogP contribution in [0.2, 0.25) is 0 Å². The Morgan fingerprint density at radius 1 is 1.53 bits per heavy atom. The van der Waals surface area contributed by atoms with Crippen molar-refractivity contribution >= 4 is 18.6 Å². The Morgan fingerprint density at radius 2 is 2.33 bits per heavy atom. The van der Waals surface area contributed by atoms with E-state index in [2.05, 4.69) is 17.5 Å². The summed E-state index contributed by atoms with van der Waals surface area (Å²) in [6.45, 7) is 2.17. The highest BCUT2D eigenvalue weighted by molar-refractivity contribution is 7.80. The third-order valence-corrected chi connectivity index (χ3v) is 4.46. The Kier molecular flexibility index (Phi) is 3.26. The van der Waals surface area contributed by atoms with Gasteiger partial charge in [-0.15, -0.1) is 0 Å². The first-order valence-corrected chi connectivity index (χ1v) is 6.32. The number of likely N-dealkylation sites (tertiary alicyclic amines) is 1. The molecule has 2 aliphatic rings. The van der Waals surface area contributed by atoms with Gasteiger partial charge in [-0.25, -0.2) is 0 Å². The van der Waals surface area contributed by atoms with Crippen molar-refractivity contribution in [3.63, 3.8) is 0 Å². The third-order valence-electron chi connectivity index (χ3n) is 3.94. The Bertz CT molecular complexity index is 259. The Morgan fingerprint density at radius 3 is 2.93 bits per heavy atom. The van der Waals surface area contributed by atoms with Gasteiger partial charge in [0.25, 0.3) is 0 Å². The molecule has 1 saturated heterocycles. The van der Waals surface area contributed by atoms with Crippen molar-refractivity contribution in [3.8, 4) is 0 Å². The zero-order valence-electron chi connectivity index (χ0n) is 8.98. The van der Waals surface area contributed by atoms with Crippen LogP contribution in [0.3, 0.4) is 0 Å². The lowest BCUT2D eigenvalue weighted by molar-refractivity contribution is -0.138. The maximum atomic E-state index is 10.6. The molecule has 1 heterocycles. The van der Waals surface area contributed by atoms with E-state index in [1.54, 1.807) is 0 Å². The number of hydrogen-bond donors (Lipinski definition) is 2. The molecule has 1 saturated carbocycles. The van der Waals surface area contributed by atoms with Gasteiger partial charge in [-0.05, 0) is 49.3 Å². The van der Waals surface area contributed by atoms with E-state index in [0.29, 0.717) is 5.41 Å². The lowest BCUT2D eigenvalue weighted by Crippen LogP contribution is -2.30. The van der Waals surface area contributed by atoms with Gasteiger partial charge in [0.05, 0.1) is 6.54 Å². The van der Waals surface area contributed by atoms with Crippen LogP contribution in [-0.2, 0) is 4.79 Å². The summed E-state index contributed by atoms with van der Waals surface area (Å²) < 4.78 is 0. The van der Waals surface area contributed by atoms with E-state index in [-0.39, 0.29) is 6.54 Å². The van der Waals surface area contributed by atoms with Crippen molar-refractivity contribution in [2.24, 2.45) is 11.3 Å². The molecule has 0 unspecified atom stereocenters. The summed E-state index contributed by atoms with van der Waals surface area (Å²) in [5.41, 5.74) is 0.433. The summed E-state index contributed by atoms with van der Waals surface area (Å²) in [5, 5.41) is 8.75. The number of carboxylic acid groups (broad SMARTS) is 1. The van der Waals surface area contributed by atoms with Crippen LogP contribution in [0.5, 0.6) is 0 Å². The molecule has 4 heteroatoms. The van der Waals surface area contributed by atoms with E-state index in [1.165, 1.54) is 25.7 Å². The lowest BCUT2D eigenvalue weighted by Gasteiger charge is -2.23. The van der Waals surface area contributed by atoms with Gasteiger partial charge in [-0.3, -0.25) is 9.69 Å². The average Bonchev–Trinajstić information content (AvgIpc) is 2.74. The molecular formula is C11H19NO2S. The number of aliphatic carboxylic acids is 1. The number of rotatable bonds is 3. The van der Waals surface area contributed by atoms with Gasteiger partial charge >= 0.3 is 5.97 Å². The van der Waals surface area contributed by atoms with Crippen LogP contribution in [0, 0.1) is 11.3 Å². The van der Waals surface area contributed by atoms with Gasteiger partial charge in [-0.2, -0.15) is 12.6 Å². The first kappa shape index (κ1) is 11.3. The van der Waals surface area contributed by atoms with Gasteiger partial charge in [0.2, 0.25) is 0 Å². The maximum absolute atomic E-state index is 10.6. The van der Waals surface area contributed by atoms with Gasteiger partial charge in [0.15, 0.2) is 0 Å². The third kappa shape index (κ3) is 2.48. The fraction of sp³-hybridized carbons (Fsp3) is 0.909. The lowest BCUT2D eigenvalue weighted by atomic mass is 9.85. The normalized spacial score (nSPS) is 36.5. The number of hydrogen-bond acceptors (Lipinski definition) is 3. The smallest absolute Gasteiger partial charge is 0.317 e. The summed E-state index contributed by atoms with van der Waals surface area (Å²) in [6, 6.07) is 0. The molecule has 15 heavy (non-hydrogen) atoms. The predicted octanol–water partition coefficient (Wildman–Crippen LogP) is 1.49. The molecule has 3 nitrogen and oxygen atoms in total. The van der Waals surface area contributed by atoms with Crippen LogP contribution in [0.4, 0.5) is 0 Å². The Balaban J connectivity index is 1.89. The molecule has 0 radical (unpaired) electrons. The summed E-state index contributed by atoms with van der Waals surface area (Å²) in [5.74, 6) is 1.05. The predicted molar refractivity (Wildman–Crippen MR) is 62.3 cm³/mol. The zero-order chi connectivity index (χ0) is 10.9. The molecule has 86 valence electrons. The zero-order valence-corrected chi connectivity index (χ0v) is 9.88. The molecule has 2 fully saturated rings. The molecule has 0 amide bonds. The fourth-order valence-corrected chi connectivity index (χ4v) is 3.52. The molecular weight excluding hydrogens is 210 g/mol.